The van der Waals surface area contributed by atoms with Crippen LogP contribution >= 0.6 is 0 Å². The van der Waals surface area contributed by atoms with Crippen LogP contribution in [-0.2, 0) is 12.7 Å². The first-order chi connectivity index (χ1) is 15.5. The molecular formula is C26H20F3N3. The van der Waals surface area contributed by atoms with Crippen molar-refractivity contribution in [3.05, 3.63) is 96.2 Å². The van der Waals surface area contributed by atoms with Gasteiger partial charge in [-0.3, -0.25) is 4.98 Å². The van der Waals surface area contributed by atoms with Crippen LogP contribution in [0.25, 0.3) is 38.8 Å². The van der Waals surface area contributed by atoms with Gasteiger partial charge in [-0.25, -0.2) is 0 Å². The number of rotatable bonds is 4. The summed E-state index contributed by atoms with van der Waals surface area (Å²) in [6.45, 7) is 0.596. The molecule has 2 aromatic heterocycles. The molecule has 0 spiro atoms. The number of nitrogens with zero attached hydrogens (tertiary/aromatic N) is 2. The van der Waals surface area contributed by atoms with Gasteiger partial charge in [-0.1, -0.05) is 36.4 Å². The molecule has 0 aliphatic rings. The highest BCUT2D eigenvalue weighted by atomic mass is 19.4. The molecule has 0 amide bonds. The second-order valence-corrected chi connectivity index (χ2v) is 7.68. The molecule has 0 unspecified atom stereocenters. The summed E-state index contributed by atoms with van der Waals surface area (Å²) in [5, 5.41) is 5.17. The predicted molar refractivity (Wildman–Crippen MR) is 122 cm³/mol. The van der Waals surface area contributed by atoms with E-state index in [0.717, 1.165) is 33.4 Å². The van der Waals surface area contributed by atoms with Crippen molar-refractivity contribution in [2.24, 2.45) is 0 Å². The Morgan fingerprint density at radius 2 is 1.50 bits per heavy atom. The maximum Gasteiger partial charge on any atom is 0.416 e. The first kappa shape index (κ1) is 20.3. The molecule has 1 N–H and O–H groups in total. The van der Waals surface area contributed by atoms with Crippen LogP contribution in [-0.4, -0.2) is 16.6 Å². The minimum absolute atomic E-state index is 0.435. The summed E-state index contributed by atoms with van der Waals surface area (Å²) in [5.41, 5.74) is 3.71. The van der Waals surface area contributed by atoms with Crippen LogP contribution in [0.2, 0.25) is 0 Å². The van der Waals surface area contributed by atoms with Gasteiger partial charge in [0.1, 0.15) is 0 Å². The minimum Gasteiger partial charge on any atom is -0.316 e. The number of pyridine rings is 1. The van der Waals surface area contributed by atoms with Crippen molar-refractivity contribution in [3.8, 4) is 16.9 Å². The zero-order valence-corrected chi connectivity index (χ0v) is 17.3. The summed E-state index contributed by atoms with van der Waals surface area (Å²) < 4.78 is 42.9. The molecule has 6 heteroatoms. The normalized spacial score (nSPS) is 12.0. The van der Waals surface area contributed by atoms with Gasteiger partial charge in [0, 0.05) is 29.1 Å². The van der Waals surface area contributed by atoms with E-state index in [2.05, 4.69) is 10.3 Å². The molecule has 0 atom stereocenters. The van der Waals surface area contributed by atoms with Gasteiger partial charge in [0.25, 0.3) is 0 Å². The molecule has 0 fully saturated rings. The van der Waals surface area contributed by atoms with Crippen LogP contribution < -0.4 is 5.32 Å². The van der Waals surface area contributed by atoms with Gasteiger partial charge in [-0.05, 0) is 55.1 Å². The van der Waals surface area contributed by atoms with Gasteiger partial charge in [0.05, 0.1) is 28.0 Å². The fourth-order valence-electron chi connectivity index (χ4n) is 4.23. The molecule has 32 heavy (non-hydrogen) atoms. The first-order valence-corrected chi connectivity index (χ1v) is 10.3. The zero-order valence-electron chi connectivity index (χ0n) is 17.3. The summed E-state index contributed by atoms with van der Waals surface area (Å²) in [6.07, 6.45) is -2.81. The van der Waals surface area contributed by atoms with E-state index in [9.17, 15) is 13.2 Å². The number of fused-ring (bicyclic) bond motifs is 3. The third-order valence-electron chi connectivity index (χ3n) is 5.63. The maximum absolute atomic E-state index is 13.6. The lowest BCUT2D eigenvalue weighted by molar-refractivity contribution is -0.137. The number of aromatic nitrogens is 2. The number of hydrogen-bond donors (Lipinski definition) is 1. The minimum atomic E-state index is -4.45. The largest absolute Gasteiger partial charge is 0.416 e. The van der Waals surface area contributed by atoms with Crippen LogP contribution in [0.3, 0.4) is 0 Å². The standard InChI is InChI=1S/C26H20F3N3/c1-30-16-17-12-13-31-22(14-17)21-15-18(26(27,28)29)10-11-25(21)32-23-8-4-2-6-19(23)20-7-3-5-9-24(20)32/h2-15,30H,16H2,1H3. The molecule has 0 aliphatic carbocycles. The van der Waals surface area contributed by atoms with Crippen molar-refractivity contribution in [3.63, 3.8) is 0 Å². The van der Waals surface area contributed by atoms with E-state index in [1.807, 2.05) is 72.3 Å². The lowest BCUT2D eigenvalue weighted by Crippen LogP contribution is -2.08. The summed E-state index contributed by atoms with van der Waals surface area (Å²) in [7, 11) is 1.83. The van der Waals surface area contributed by atoms with E-state index in [-0.39, 0.29) is 0 Å². The topological polar surface area (TPSA) is 29.9 Å². The lowest BCUT2D eigenvalue weighted by Gasteiger charge is -2.17. The zero-order chi connectivity index (χ0) is 22.3. The molecule has 3 nitrogen and oxygen atoms in total. The SMILES string of the molecule is CNCc1ccnc(-c2cc(C(F)(F)F)ccc2-n2c3ccccc3c3ccccc32)c1. The monoisotopic (exact) mass is 431 g/mol. The Morgan fingerprint density at radius 1 is 0.844 bits per heavy atom. The van der Waals surface area contributed by atoms with Gasteiger partial charge in [-0.2, -0.15) is 13.2 Å². The second kappa shape index (κ2) is 7.80. The highest BCUT2D eigenvalue weighted by molar-refractivity contribution is 6.09. The Morgan fingerprint density at radius 3 is 2.12 bits per heavy atom. The highest BCUT2D eigenvalue weighted by Crippen LogP contribution is 2.39. The van der Waals surface area contributed by atoms with E-state index in [4.69, 9.17) is 0 Å². The van der Waals surface area contributed by atoms with Crippen molar-refractivity contribution < 1.29 is 13.2 Å². The Labute approximate surface area is 183 Å². The van der Waals surface area contributed by atoms with E-state index in [1.54, 1.807) is 12.3 Å². The van der Waals surface area contributed by atoms with Gasteiger partial charge in [0.2, 0.25) is 0 Å². The van der Waals surface area contributed by atoms with Crippen LogP contribution in [0.15, 0.2) is 85.1 Å². The van der Waals surface area contributed by atoms with Crippen molar-refractivity contribution in [2.45, 2.75) is 12.7 Å². The van der Waals surface area contributed by atoms with Gasteiger partial charge < -0.3 is 9.88 Å². The molecule has 0 saturated heterocycles. The van der Waals surface area contributed by atoms with E-state index < -0.39 is 11.7 Å². The Kier molecular flexibility index (Phi) is 4.94. The van der Waals surface area contributed by atoms with Crippen LogP contribution in [0, 0.1) is 0 Å². The van der Waals surface area contributed by atoms with Gasteiger partial charge >= 0.3 is 6.18 Å². The van der Waals surface area contributed by atoms with Gasteiger partial charge in [-0.15, -0.1) is 0 Å². The number of hydrogen-bond acceptors (Lipinski definition) is 2. The Hall–Kier alpha value is -3.64. The van der Waals surface area contributed by atoms with Crippen molar-refractivity contribution in [2.75, 3.05) is 7.05 Å². The molecule has 160 valence electrons. The van der Waals surface area contributed by atoms with Crippen LogP contribution in [0.1, 0.15) is 11.1 Å². The number of alkyl halides is 3. The third-order valence-corrected chi connectivity index (χ3v) is 5.63. The van der Waals surface area contributed by atoms with Crippen molar-refractivity contribution >= 4 is 21.8 Å². The molecule has 5 rings (SSSR count). The summed E-state index contributed by atoms with van der Waals surface area (Å²) in [6, 6.07) is 23.4. The number of nitrogens with one attached hydrogen (secondary N) is 1. The second-order valence-electron chi connectivity index (χ2n) is 7.68. The molecule has 0 aliphatic heterocycles. The van der Waals surface area contributed by atoms with Gasteiger partial charge in [0.15, 0.2) is 0 Å². The summed E-state index contributed by atoms with van der Waals surface area (Å²) in [4.78, 5) is 4.44. The molecule has 0 radical (unpaired) electrons. The fourth-order valence-corrected chi connectivity index (χ4v) is 4.23. The highest BCUT2D eigenvalue weighted by Gasteiger charge is 2.31. The van der Waals surface area contributed by atoms with Crippen LogP contribution in [0.5, 0.6) is 0 Å². The predicted octanol–water partition coefficient (Wildman–Crippen LogP) is 6.58. The molecule has 3 aromatic carbocycles. The quantitative estimate of drug-likeness (QED) is 0.348. The first-order valence-electron chi connectivity index (χ1n) is 10.3. The smallest absolute Gasteiger partial charge is 0.316 e. The number of benzene rings is 3. The molecule has 0 bridgehead atoms. The van der Waals surface area contributed by atoms with Crippen molar-refractivity contribution in [1.82, 2.24) is 14.9 Å². The lowest BCUT2D eigenvalue weighted by atomic mass is 10.0. The summed E-state index contributed by atoms with van der Waals surface area (Å²) in [5.74, 6) is 0. The van der Waals surface area contributed by atoms with Crippen molar-refractivity contribution in [1.29, 1.82) is 0 Å². The van der Waals surface area contributed by atoms with E-state index in [0.29, 0.717) is 23.5 Å². The molecule has 2 heterocycles. The Bertz CT molecular complexity index is 1380. The summed E-state index contributed by atoms with van der Waals surface area (Å²) >= 11 is 0. The average Bonchev–Trinajstić information content (AvgIpc) is 3.13. The molecule has 0 saturated carbocycles. The fraction of sp³-hybridized carbons (Fsp3) is 0.115. The molecule has 5 aromatic rings. The number of para-hydroxylation sites is 2. The van der Waals surface area contributed by atoms with Crippen LogP contribution in [0.4, 0.5) is 13.2 Å². The number of halogens is 3. The maximum atomic E-state index is 13.6. The average molecular weight is 431 g/mol. The third kappa shape index (κ3) is 3.42. The molecular weight excluding hydrogens is 411 g/mol. The van der Waals surface area contributed by atoms with E-state index in [1.165, 1.54) is 6.07 Å². The Balaban J connectivity index is 1.85. The van der Waals surface area contributed by atoms with E-state index >= 15 is 0 Å².